The van der Waals surface area contributed by atoms with Crippen molar-refractivity contribution in [1.82, 2.24) is 4.90 Å². The van der Waals surface area contributed by atoms with Crippen LogP contribution in [0.3, 0.4) is 0 Å². The first-order valence-electron chi connectivity index (χ1n) is 10.6. The van der Waals surface area contributed by atoms with E-state index in [0.717, 1.165) is 13.1 Å². The molecule has 3 heteroatoms. The molecule has 1 heterocycles. The predicted octanol–water partition coefficient (Wildman–Crippen LogP) is 8.04. The Morgan fingerprint density at radius 3 is 2.34 bits per heavy atom. The van der Waals surface area contributed by atoms with Gasteiger partial charge in [0.25, 0.3) is 0 Å². The standard InChI is InChI=1S/C29H31NS.ClH/c1-29(2,3)17-6-5-7-18-30(4)22-26-12-8-10-24(20-26)14-15-25-11-9-13-27(21-25)28-16-19-31-23-28;/h5,7-16,19-21,23H,18,22H2,1-4H3;1H/b7-5+,15-14+;. The van der Waals surface area contributed by atoms with Crippen LogP contribution in [0.4, 0.5) is 0 Å². The van der Waals surface area contributed by atoms with Crippen LogP contribution < -0.4 is 0 Å². The average molecular weight is 462 g/mol. The van der Waals surface area contributed by atoms with Crippen molar-refractivity contribution < 1.29 is 0 Å². The zero-order chi connectivity index (χ0) is 22.1. The molecule has 2 aromatic carbocycles. The van der Waals surface area contributed by atoms with Crippen molar-refractivity contribution in [3.05, 3.63) is 94.2 Å². The van der Waals surface area contributed by atoms with Gasteiger partial charge in [0.15, 0.2) is 0 Å². The Kier molecular flexibility index (Phi) is 10.0. The van der Waals surface area contributed by atoms with E-state index in [1.54, 1.807) is 11.3 Å². The second-order valence-corrected chi connectivity index (χ2v) is 9.61. The van der Waals surface area contributed by atoms with E-state index < -0.39 is 0 Å². The third-order valence-electron chi connectivity index (χ3n) is 4.68. The molecule has 0 atom stereocenters. The molecule has 0 amide bonds. The number of rotatable bonds is 7. The third kappa shape index (κ3) is 8.89. The van der Waals surface area contributed by atoms with E-state index in [1.165, 1.54) is 27.8 Å². The first kappa shape index (κ1) is 25.7. The number of thiophene rings is 1. The Hall–Kier alpha value is -2.57. The van der Waals surface area contributed by atoms with Crippen molar-refractivity contribution in [2.24, 2.45) is 5.41 Å². The van der Waals surface area contributed by atoms with Gasteiger partial charge in [-0.3, -0.25) is 4.90 Å². The lowest BCUT2D eigenvalue weighted by Gasteiger charge is -2.14. The summed E-state index contributed by atoms with van der Waals surface area (Å²) in [6, 6.07) is 19.6. The Morgan fingerprint density at radius 1 is 0.938 bits per heavy atom. The summed E-state index contributed by atoms with van der Waals surface area (Å²) in [4.78, 5) is 2.29. The van der Waals surface area contributed by atoms with Gasteiger partial charge in [-0.1, -0.05) is 72.5 Å². The summed E-state index contributed by atoms with van der Waals surface area (Å²) in [7, 11) is 2.14. The summed E-state index contributed by atoms with van der Waals surface area (Å²) in [6.45, 7) is 8.17. The monoisotopic (exact) mass is 461 g/mol. The molecule has 0 radical (unpaired) electrons. The van der Waals surface area contributed by atoms with Crippen molar-refractivity contribution in [2.75, 3.05) is 13.6 Å². The van der Waals surface area contributed by atoms with Crippen molar-refractivity contribution in [3.63, 3.8) is 0 Å². The summed E-state index contributed by atoms with van der Waals surface area (Å²) in [6.07, 6.45) is 8.47. The molecule has 1 nitrogen and oxygen atoms in total. The van der Waals surface area contributed by atoms with Crippen LogP contribution in [0.25, 0.3) is 23.3 Å². The number of hydrogen-bond donors (Lipinski definition) is 0. The molecule has 0 unspecified atom stereocenters. The van der Waals surface area contributed by atoms with Crippen molar-refractivity contribution in [2.45, 2.75) is 27.3 Å². The van der Waals surface area contributed by atoms with E-state index in [1.807, 2.05) is 6.08 Å². The van der Waals surface area contributed by atoms with E-state index >= 15 is 0 Å². The molecule has 0 spiro atoms. The molecule has 0 aliphatic carbocycles. The summed E-state index contributed by atoms with van der Waals surface area (Å²) in [5, 5.41) is 4.31. The van der Waals surface area contributed by atoms with E-state index in [4.69, 9.17) is 0 Å². The minimum absolute atomic E-state index is 0. The third-order valence-corrected chi connectivity index (χ3v) is 5.36. The second-order valence-electron chi connectivity index (χ2n) is 8.83. The highest BCUT2D eigenvalue weighted by molar-refractivity contribution is 7.08. The quantitative estimate of drug-likeness (QED) is 0.254. The number of hydrogen-bond acceptors (Lipinski definition) is 2. The predicted molar refractivity (Wildman–Crippen MR) is 145 cm³/mol. The van der Waals surface area contributed by atoms with Crippen LogP contribution in [-0.4, -0.2) is 18.5 Å². The molecular formula is C29H32ClNS. The molecule has 3 rings (SSSR count). The summed E-state index contributed by atoms with van der Waals surface area (Å²) < 4.78 is 0. The van der Waals surface area contributed by atoms with Crippen LogP contribution in [0.15, 0.2) is 77.5 Å². The summed E-state index contributed by atoms with van der Waals surface area (Å²) in [5.74, 6) is 6.36. The van der Waals surface area contributed by atoms with Gasteiger partial charge < -0.3 is 0 Å². The van der Waals surface area contributed by atoms with Crippen molar-refractivity contribution in [3.8, 4) is 23.0 Å². The molecule has 3 aromatic rings. The number of likely N-dealkylation sites (N-methyl/N-ethyl adjacent to an activating group) is 1. The zero-order valence-corrected chi connectivity index (χ0v) is 21.0. The van der Waals surface area contributed by atoms with Crippen molar-refractivity contribution >= 4 is 35.9 Å². The average Bonchev–Trinajstić information content (AvgIpc) is 3.27. The molecule has 0 saturated heterocycles. The smallest absolute Gasteiger partial charge is 0.0234 e. The lowest BCUT2D eigenvalue weighted by Crippen LogP contribution is -2.17. The van der Waals surface area contributed by atoms with Crippen LogP contribution in [0, 0.1) is 17.3 Å². The minimum atomic E-state index is 0. The highest BCUT2D eigenvalue weighted by atomic mass is 35.5. The Bertz CT molecular complexity index is 1090. The van der Waals surface area contributed by atoms with E-state index in [9.17, 15) is 0 Å². The van der Waals surface area contributed by atoms with Crippen molar-refractivity contribution in [1.29, 1.82) is 0 Å². The van der Waals surface area contributed by atoms with E-state index in [2.05, 4.69) is 128 Å². The molecule has 0 saturated carbocycles. The van der Waals surface area contributed by atoms with Crippen LogP contribution >= 0.6 is 23.7 Å². The maximum atomic E-state index is 3.23. The Morgan fingerprint density at radius 2 is 1.66 bits per heavy atom. The summed E-state index contributed by atoms with van der Waals surface area (Å²) in [5.41, 5.74) is 6.34. The normalized spacial score (nSPS) is 11.5. The van der Waals surface area contributed by atoms with Gasteiger partial charge in [0, 0.05) is 18.5 Å². The number of halogens is 1. The largest absolute Gasteiger partial charge is 0.298 e. The van der Waals surface area contributed by atoms with Crippen LogP contribution in [0.5, 0.6) is 0 Å². The lowest BCUT2D eigenvalue weighted by atomic mass is 9.98. The topological polar surface area (TPSA) is 3.24 Å². The zero-order valence-electron chi connectivity index (χ0n) is 19.3. The number of allylic oxidation sites excluding steroid dienone is 1. The highest BCUT2D eigenvalue weighted by Crippen LogP contribution is 2.23. The van der Waals surface area contributed by atoms with Gasteiger partial charge in [0.05, 0.1) is 0 Å². The SMILES string of the molecule is CN(C/C=C/C#CC(C)(C)C)Cc1cccc(/C=C/c2cccc(-c3ccsc3)c2)c1.Cl. The van der Waals surface area contributed by atoms with Gasteiger partial charge >= 0.3 is 0 Å². The Labute approximate surface area is 203 Å². The fourth-order valence-electron chi connectivity index (χ4n) is 3.16. The van der Waals surface area contributed by atoms with E-state index in [0.29, 0.717) is 0 Å². The van der Waals surface area contributed by atoms with Gasteiger partial charge in [0.2, 0.25) is 0 Å². The van der Waals surface area contributed by atoms with E-state index in [-0.39, 0.29) is 17.8 Å². The summed E-state index contributed by atoms with van der Waals surface area (Å²) >= 11 is 1.73. The fourth-order valence-corrected chi connectivity index (χ4v) is 3.83. The molecule has 0 aliphatic heterocycles. The van der Waals surface area contributed by atoms with Gasteiger partial charge in [-0.2, -0.15) is 11.3 Å². The molecule has 0 fully saturated rings. The first-order chi connectivity index (χ1) is 14.9. The Balaban J connectivity index is 0.00000363. The van der Waals surface area contributed by atoms with Crippen LogP contribution in [-0.2, 0) is 6.54 Å². The molecule has 166 valence electrons. The number of nitrogens with zero attached hydrogens (tertiary/aromatic N) is 1. The maximum Gasteiger partial charge on any atom is 0.0234 e. The second kappa shape index (κ2) is 12.5. The molecule has 0 N–H and O–H groups in total. The van der Waals surface area contributed by atoms with Gasteiger partial charge in [-0.25, -0.2) is 0 Å². The highest BCUT2D eigenvalue weighted by Gasteiger charge is 2.03. The molecule has 0 bridgehead atoms. The van der Waals surface area contributed by atoms with Crippen LogP contribution in [0.1, 0.15) is 37.5 Å². The molecule has 1 aromatic heterocycles. The van der Waals surface area contributed by atoms with Gasteiger partial charge in [-0.05, 0) is 84.6 Å². The van der Waals surface area contributed by atoms with Gasteiger partial charge in [0.1, 0.15) is 0 Å². The van der Waals surface area contributed by atoms with Crippen LogP contribution in [0.2, 0.25) is 0 Å². The maximum absolute atomic E-state index is 3.23. The van der Waals surface area contributed by atoms with Gasteiger partial charge in [-0.15, -0.1) is 12.4 Å². The molecule has 0 aliphatic rings. The number of benzene rings is 2. The first-order valence-corrected chi connectivity index (χ1v) is 11.6. The fraction of sp³-hybridized carbons (Fsp3) is 0.241. The lowest BCUT2D eigenvalue weighted by molar-refractivity contribution is 0.363. The molecule has 32 heavy (non-hydrogen) atoms. The molecular weight excluding hydrogens is 430 g/mol. The minimum Gasteiger partial charge on any atom is -0.298 e.